The zero-order chi connectivity index (χ0) is 22.3. The van der Waals surface area contributed by atoms with Gasteiger partial charge in [-0.3, -0.25) is 9.59 Å². The fourth-order valence-corrected chi connectivity index (χ4v) is 7.20. The number of piperidine rings is 2. The molecule has 5 nitrogen and oxygen atoms in total. The number of hydrogen-bond acceptors (Lipinski definition) is 3. The maximum atomic E-state index is 13.4. The number of carbonyl (C=O) groups is 2. The fourth-order valence-electron chi connectivity index (χ4n) is 7.20. The number of carbonyl (C=O) groups excluding carboxylic acids is 2. The molecule has 0 radical (unpaired) electrons. The minimum atomic E-state index is 0.117. The first kappa shape index (κ1) is 23.1. The Labute approximate surface area is 189 Å². The number of nitrogens with one attached hydrogen (secondary N) is 2. The molecule has 2 amide bonds. The van der Waals surface area contributed by atoms with Crippen molar-refractivity contribution in [3.8, 4) is 0 Å². The first-order chi connectivity index (χ1) is 14.7. The van der Waals surface area contributed by atoms with Gasteiger partial charge in [-0.25, -0.2) is 0 Å². The van der Waals surface area contributed by atoms with E-state index in [0.717, 1.165) is 57.4 Å². The molecule has 10 atom stereocenters. The van der Waals surface area contributed by atoms with Gasteiger partial charge in [0.25, 0.3) is 0 Å². The molecule has 4 aliphatic rings. The molecule has 31 heavy (non-hydrogen) atoms. The molecular weight excluding hydrogens is 386 g/mol. The summed E-state index contributed by atoms with van der Waals surface area (Å²) in [5.41, 5.74) is 0. The average Bonchev–Trinajstić information content (AvgIpc) is 2.74. The molecule has 2 heterocycles. The van der Waals surface area contributed by atoms with Crippen molar-refractivity contribution in [2.45, 2.75) is 97.2 Å². The van der Waals surface area contributed by atoms with Crippen LogP contribution in [0, 0.1) is 41.4 Å². The van der Waals surface area contributed by atoms with Crippen molar-refractivity contribution in [2.75, 3.05) is 13.6 Å². The predicted molar refractivity (Wildman–Crippen MR) is 124 cm³/mol. The number of fused-ring (bicyclic) bond motifs is 1. The molecule has 2 N–H and O–H groups in total. The van der Waals surface area contributed by atoms with Crippen LogP contribution in [0.2, 0.25) is 0 Å². The van der Waals surface area contributed by atoms with E-state index in [1.807, 2.05) is 7.05 Å². The van der Waals surface area contributed by atoms with Crippen molar-refractivity contribution >= 4 is 11.8 Å². The molecule has 0 spiro atoms. The lowest BCUT2D eigenvalue weighted by Crippen LogP contribution is -2.60. The van der Waals surface area contributed by atoms with Crippen molar-refractivity contribution in [1.82, 2.24) is 15.5 Å². The zero-order valence-corrected chi connectivity index (χ0v) is 20.4. The lowest BCUT2D eigenvalue weighted by atomic mass is 9.65. The van der Waals surface area contributed by atoms with Gasteiger partial charge in [0.05, 0.1) is 0 Å². The van der Waals surface area contributed by atoms with Gasteiger partial charge in [-0.05, 0) is 87.9 Å². The standard InChI is InChI=1S/C26H45N3O2/c1-15-6-8-19(10-17(15)3)25(30)28-21-9-7-16(2)22(13-21)23-12-20-14-27-18(4)11-24(20)29(5)26(23)31/h15-24,27H,6-14H2,1-5H3,(H,28,30). The average molecular weight is 432 g/mol. The van der Waals surface area contributed by atoms with E-state index in [-0.39, 0.29) is 23.8 Å². The van der Waals surface area contributed by atoms with E-state index in [2.05, 4.69) is 43.2 Å². The molecule has 5 heteroatoms. The Morgan fingerprint density at radius 3 is 2.42 bits per heavy atom. The Morgan fingerprint density at radius 2 is 1.68 bits per heavy atom. The number of hydrogen-bond donors (Lipinski definition) is 2. The number of rotatable bonds is 3. The van der Waals surface area contributed by atoms with E-state index in [9.17, 15) is 9.59 Å². The Morgan fingerprint density at radius 1 is 0.935 bits per heavy atom. The second-order valence-electron chi connectivity index (χ2n) is 11.8. The van der Waals surface area contributed by atoms with E-state index in [0.29, 0.717) is 41.7 Å². The highest BCUT2D eigenvalue weighted by atomic mass is 16.2. The highest BCUT2D eigenvalue weighted by Crippen LogP contribution is 2.43. The number of amides is 2. The van der Waals surface area contributed by atoms with E-state index in [1.165, 1.54) is 6.42 Å². The minimum Gasteiger partial charge on any atom is -0.353 e. The molecule has 0 aromatic rings. The van der Waals surface area contributed by atoms with Crippen LogP contribution in [0.5, 0.6) is 0 Å². The summed E-state index contributed by atoms with van der Waals surface area (Å²) in [6.07, 6.45) is 8.45. The molecule has 176 valence electrons. The molecular formula is C26H45N3O2. The van der Waals surface area contributed by atoms with Gasteiger partial charge in [0.15, 0.2) is 0 Å². The Balaban J connectivity index is 1.38. The summed E-state index contributed by atoms with van der Waals surface area (Å²) in [5.74, 6) is 3.81. The van der Waals surface area contributed by atoms with Crippen LogP contribution in [0.25, 0.3) is 0 Å². The molecule has 2 aliphatic carbocycles. The molecule has 10 unspecified atom stereocenters. The van der Waals surface area contributed by atoms with Gasteiger partial charge < -0.3 is 15.5 Å². The summed E-state index contributed by atoms with van der Waals surface area (Å²) in [5, 5.41) is 7.06. The maximum Gasteiger partial charge on any atom is 0.225 e. The van der Waals surface area contributed by atoms with Gasteiger partial charge in [0.1, 0.15) is 0 Å². The minimum absolute atomic E-state index is 0.117. The van der Waals surface area contributed by atoms with Crippen LogP contribution in [0.15, 0.2) is 0 Å². The fraction of sp³-hybridized carbons (Fsp3) is 0.923. The van der Waals surface area contributed by atoms with Crippen LogP contribution < -0.4 is 10.6 Å². The quantitative estimate of drug-likeness (QED) is 0.714. The normalized spacial score (nSPS) is 46.4. The summed E-state index contributed by atoms with van der Waals surface area (Å²) >= 11 is 0. The Bertz CT molecular complexity index is 667. The van der Waals surface area contributed by atoms with Gasteiger partial charge in [-0.15, -0.1) is 0 Å². The molecule has 0 aromatic carbocycles. The van der Waals surface area contributed by atoms with E-state index in [1.54, 1.807) is 0 Å². The van der Waals surface area contributed by atoms with Crippen LogP contribution in [0.3, 0.4) is 0 Å². The molecule has 2 saturated heterocycles. The zero-order valence-electron chi connectivity index (χ0n) is 20.4. The number of likely N-dealkylation sites (tertiary alicyclic amines) is 1. The summed E-state index contributed by atoms with van der Waals surface area (Å²) in [6.45, 7) is 10.2. The largest absolute Gasteiger partial charge is 0.353 e. The summed E-state index contributed by atoms with van der Waals surface area (Å²) in [7, 11) is 2.03. The smallest absolute Gasteiger partial charge is 0.225 e. The summed E-state index contributed by atoms with van der Waals surface area (Å²) in [4.78, 5) is 28.5. The third kappa shape index (κ3) is 4.82. The third-order valence-electron chi connectivity index (χ3n) is 9.68. The lowest BCUT2D eigenvalue weighted by Gasteiger charge is -2.50. The molecule has 2 aliphatic heterocycles. The van der Waals surface area contributed by atoms with Crippen LogP contribution in [-0.2, 0) is 9.59 Å². The summed E-state index contributed by atoms with van der Waals surface area (Å²) < 4.78 is 0. The van der Waals surface area contributed by atoms with E-state index >= 15 is 0 Å². The number of nitrogens with zero attached hydrogens (tertiary/aromatic N) is 1. The molecule has 0 bridgehead atoms. The highest BCUT2D eigenvalue weighted by molar-refractivity contribution is 5.80. The van der Waals surface area contributed by atoms with Crippen LogP contribution in [0.4, 0.5) is 0 Å². The van der Waals surface area contributed by atoms with Crippen molar-refractivity contribution in [3.05, 3.63) is 0 Å². The van der Waals surface area contributed by atoms with Gasteiger partial charge in [-0.2, -0.15) is 0 Å². The topological polar surface area (TPSA) is 61.4 Å². The second kappa shape index (κ2) is 9.41. The van der Waals surface area contributed by atoms with Gasteiger partial charge in [0, 0.05) is 43.6 Å². The SMILES string of the molecule is CC1CC2C(CN1)CC(C1CC(NC(=O)C3CCC(C)C(C)C3)CCC1C)C(=O)N2C. The van der Waals surface area contributed by atoms with Gasteiger partial charge in [-0.1, -0.05) is 20.8 Å². The maximum absolute atomic E-state index is 13.4. The summed E-state index contributed by atoms with van der Waals surface area (Å²) in [6, 6.07) is 1.13. The first-order valence-electron chi connectivity index (χ1n) is 13.0. The van der Waals surface area contributed by atoms with E-state index in [4.69, 9.17) is 0 Å². The second-order valence-corrected chi connectivity index (χ2v) is 11.8. The molecule has 4 fully saturated rings. The highest BCUT2D eigenvalue weighted by Gasteiger charge is 2.47. The van der Waals surface area contributed by atoms with Crippen LogP contribution >= 0.6 is 0 Å². The van der Waals surface area contributed by atoms with Crippen molar-refractivity contribution < 1.29 is 9.59 Å². The van der Waals surface area contributed by atoms with Crippen molar-refractivity contribution in [2.24, 2.45) is 41.4 Å². The third-order valence-corrected chi connectivity index (χ3v) is 9.68. The van der Waals surface area contributed by atoms with Crippen LogP contribution in [0.1, 0.15) is 79.1 Å². The Hall–Kier alpha value is -1.10. The first-order valence-corrected chi connectivity index (χ1v) is 13.0. The van der Waals surface area contributed by atoms with Gasteiger partial charge in [0.2, 0.25) is 11.8 Å². The lowest BCUT2D eigenvalue weighted by molar-refractivity contribution is -0.148. The molecule has 4 rings (SSSR count). The van der Waals surface area contributed by atoms with E-state index < -0.39 is 0 Å². The van der Waals surface area contributed by atoms with Crippen molar-refractivity contribution in [1.29, 1.82) is 0 Å². The van der Waals surface area contributed by atoms with Gasteiger partial charge >= 0.3 is 0 Å². The molecule has 2 saturated carbocycles. The van der Waals surface area contributed by atoms with Crippen molar-refractivity contribution in [3.63, 3.8) is 0 Å². The predicted octanol–water partition coefficient (Wildman–Crippen LogP) is 3.82. The monoisotopic (exact) mass is 431 g/mol. The van der Waals surface area contributed by atoms with Crippen LogP contribution in [-0.4, -0.2) is 48.4 Å². The molecule has 0 aromatic heterocycles. The Kier molecular flexibility index (Phi) is 7.00.